The van der Waals surface area contributed by atoms with Gasteiger partial charge in [-0.2, -0.15) is 5.10 Å². The first-order valence-electron chi connectivity index (χ1n) is 9.79. The van der Waals surface area contributed by atoms with Crippen LogP contribution in [0.4, 0.5) is 5.82 Å². The maximum atomic E-state index is 12.8. The van der Waals surface area contributed by atoms with Gasteiger partial charge in [-0.3, -0.25) is 14.4 Å². The molecule has 3 aromatic heterocycles. The molecule has 1 aliphatic heterocycles. The van der Waals surface area contributed by atoms with Crippen molar-refractivity contribution in [3.8, 4) is 0 Å². The zero-order valence-corrected chi connectivity index (χ0v) is 16.8. The second-order valence-corrected chi connectivity index (χ2v) is 7.74. The van der Waals surface area contributed by atoms with Crippen molar-refractivity contribution in [3.63, 3.8) is 0 Å². The molecule has 0 radical (unpaired) electrons. The van der Waals surface area contributed by atoms with Crippen LogP contribution >= 0.6 is 0 Å². The molecule has 4 aromatic rings. The number of aryl methyl sites for hydroxylation is 2. The molecule has 1 fully saturated rings. The standard InChI is InChI=1S/C21H23N7O/c1-13-15-7-6-14(9-18(15)27(3)25-13)21(29)24-19-12-28-11-16(23-20(28)10-22-19)17-5-4-8-26(17)2/h6-7,9-12,17H,4-5,8H2,1-3H3,(H,24,29)/t17-/m0/s1. The Kier molecular flexibility index (Phi) is 4.09. The van der Waals surface area contributed by atoms with Gasteiger partial charge in [-0.15, -0.1) is 0 Å². The molecule has 1 aliphatic rings. The Morgan fingerprint density at radius 1 is 1.24 bits per heavy atom. The van der Waals surface area contributed by atoms with Gasteiger partial charge in [0.1, 0.15) is 5.82 Å². The molecular weight excluding hydrogens is 366 g/mol. The van der Waals surface area contributed by atoms with E-state index in [1.165, 1.54) is 6.42 Å². The van der Waals surface area contributed by atoms with E-state index in [9.17, 15) is 4.79 Å². The maximum absolute atomic E-state index is 12.8. The third-order valence-corrected chi connectivity index (χ3v) is 5.76. The molecule has 0 saturated carbocycles. The largest absolute Gasteiger partial charge is 0.305 e. The summed E-state index contributed by atoms with van der Waals surface area (Å²) in [5.74, 6) is 0.293. The Morgan fingerprint density at radius 3 is 2.90 bits per heavy atom. The molecule has 1 amide bonds. The minimum atomic E-state index is -0.200. The molecule has 1 saturated heterocycles. The summed E-state index contributed by atoms with van der Waals surface area (Å²) in [5, 5.41) is 8.35. The van der Waals surface area contributed by atoms with Crippen LogP contribution in [0.2, 0.25) is 0 Å². The number of anilines is 1. The predicted octanol–water partition coefficient (Wildman–Crippen LogP) is 2.94. The van der Waals surface area contributed by atoms with Crippen molar-refractivity contribution < 1.29 is 4.79 Å². The number of imidazole rings is 1. The predicted molar refractivity (Wildman–Crippen MR) is 111 cm³/mol. The number of hydrogen-bond donors (Lipinski definition) is 1. The first-order chi connectivity index (χ1) is 14.0. The summed E-state index contributed by atoms with van der Waals surface area (Å²) in [6.45, 7) is 3.06. The molecule has 8 nitrogen and oxygen atoms in total. The molecule has 0 aliphatic carbocycles. The van der Waals surface area contributed by atoms with Crippen molar-refractivity contribution in [1.29, 1.82) is 0 Å². The highest BCUT2D eigenvalue weighted by Crippen LogP contribution is 2.29. The number of hydrogen-bond acceptors (Lipinski definition) is 5. The Labute approximate surface area is 168 Å². The van der Waals surface area contributed by atoms with E-state index in [0.29, 0.717) is 17.4 Å². The van der Waals surface area contributed by atoms with Crippen LogP contribution in [0.15, 0.2) is 36.8 Å². The summed E-state index contributed by atoms with van der Waals surface area (Å²) in [6, 6.07) is 5.95. The Bertz CT molecular complexity index is 1240. The normalized spacial score (nSPS) is 17.4. The van der Waals surface area contributed by atoms with Gasteiger partial charge in [-0.1, -0.05) is 6.07 Å². The highest BCUT2D eigenvalue weighted by atomic mass is 16.1. The Balaban J connectivity index is 1.41. The van der Waals surface area contributed by atoms with E-state index in [1.807, 2.05) is 49.0 Å². The average Bonchev–Trinajstić information content (AvgIpc) is 3.38. The molecule has 1 atom stereocenters. The van der Waals surface area contributed by atoms with Crippen molar-refractivity contribution in [2.24, 2.45) is 7.05 Å². The van der Waals surface area contributed by atoms with Crippen molar-refractivity contribution in [2.75, 3.05) is 18.9 Å². The number of amides is 1. The average molecular weight is 389 g/mol. The molecule has 4 heterocycles. The van der Waals surface area contributed by atoms with Crippen LogP contribution in [0.5, 0.6) is 0 Å². The van der Waals surface area contributed by atoms with E-state index in [4.69, 9.17) is 4.98 Å². The Morgan fingerprint density at radius 2 is 2.10 bits per heavy atom. The fourth-order valence-electron chi connectivity index (χ4n) is 4.20. The number of nitrogens with one attached hydrogen (secondary N) is 1. The first kappa shape index (κ1) is 17.8. The number of benzene rings is 1. The van der Waals surface area contributed by atoms with Crippen LogP contribution in [-0.4, -0.2) is 48.5 Å². The van der Waals surface area contributed by atoms with Gasteiger partial charge in [0, 0.05) is 24.2 Å². The number of likely N-dealkylation sites (tertiary alicyclic amines) is 1. The van der Waals surface area contributed by atoms with Gasteiger partial charge in [0.15, 0.2) is 5.65 Å². The van der Waals surface area contributed by atoms with Crippen molar-refractivity contribution in [1.82, 2.24) is 29.0 Å². The van der Waals surface area contributed by atoms with Crippen molar-refractivity contribution >= 4 is 28.3 Å². The van der Waals surface area contributed by atoms with E-state index in [0.717, 1.165) is 40.9 Å². The third-order valence-electron chi connectivity index (χ3n) is 5.76. The van der Waals surface area contributed by atoms with Gasteiger partial charge in [-0.25, -0.2) is 9.97 Å². The van der Waals surface area contributed by atoms with Crippen LogP contribution in [0.25, 0.3) is 16.6 Å². The smallest absolute Gasteiger partial charge is 0.256 e. The fraction of sp³-hybridized carbons (Fsp3) is 0.333. The number of fused-ring (bicyclic) bond motifs is 2. The van der Waals surface area contributed by atoms with Gasteiger partial charge in [0.2, 0.25) is 0 Å². The van der Waals surface area contributed by atoms with E-state index < -0.39 is 0 Å². The summed E-state index contributed by atoms with van der Waals surface area (Å²) in [6.07, 6.45) is 7.85. The topological polar surface area (TPSA) is 80.4 Å². The molecule has 5 rings (SSSR count). The molecule has 1 N–H and O–H groups in total. The van der Waals surface area contributed by atoms with Crippen LogP contribution < -0.4 is 5.32 Å². The zero-order chi connectivity index (χ0) is 20.1. The molecule has 0 unspecified atom stereocenters. The summed E-state index contributed by atoms with van der Waals surface area (Å²) in [5.41, 5.74) is 4.28. The summed E-state index contributed by atoms with van der Waals surface area (Å²) >= 11 is 0. The zero-order valence-electron chi connectivity index (χ0n) is 16.8. The maximum Gasteiger partial charge on any atom is 0.256 e. The SMILES string of the molecule is Cc1nn(C)c2cc(C(=O)Nc3cn4cc([C@@H]5CCCN5C)nc4cn3)ccc12. The van der Waals surface area contributed by atoms with Crippen LogP contribution in [0.1, 0.15) is 40.6 Å². The van der Waals surface area contributed by atoms with Gasteiger partial charge in [-0.05, 0) is 45.5 Å². The monoisotopic (exact) mass is 389 g/mol. The van der Waals surface area contributed by atoms with E-state index in [-0.39, 0.29) is 5.91 Å². The molecule has 29 heavy (non-hydrogen) atoms. The second kappa shape index (κ2) is 6.66. The highest BCUT2D eigenvalue weighted by Gasteiger charge is 2.25. The first-order valence-corrected chi connectivity index (χ1v) is 9.79. The van der Waals surface area contributed by atoms with Crippen LogP contribution in [0, 0.1) is 6.92 Å². The van der Waals surface area contributed by atoms with Gasteiger partial charge in [0.05, 0.1) is 35.3 Å². The lowest BCUT2D eigenvalue weighted by molar-refractivity contribution is 0.102. The summed E-state index contributed by atoms with van der Waals surface area (Å²) in [4.78, 5) is 24.2. The fourth-order valence-corrected chi connectivity index (χ4v) is 4.20. The highest BCUT2D eigenvalue weighted by molar-refractivity contribution is 6.05. The number of carbonyl (C=O) groups excluding carboxylic acids is 1. The molecule has 8 heteroatoms. The van der Waals surface area contributed by atoms with Crippen LogP contribution in [-0.2, 0) is 7.05 Å². The lowest BCUT2D eigenvalue weighted by atomic mass is 10.1. The third kappa shape index (κ3) is 3.05. The number of nitrogens with zero attached hydrogens (tertiary/aromatic N) is 6. The van der Waals surface area contributed by atoms with Gasteiger partial charge < -0.3 is 9.72 Å². The minimum Gasteiger partial charge on any atom is -0.305 e. The second-order valence-electron chi connectivity index (χ2n) is 7.74. The quantitative estimate of drug-likeness (QED) is 0.583. The van der Waals surface area contributed by atoms with E-state index in [1.54, 1.807) is 10.9 Å². The molecule has 0 spiro atoms. The van der Waals surface area contributed by atoms with Crippen molar-refractivity contribution in [3.05, 3.63) is 53.7 Å². The summed E-state index contributed by atoms with van der Waals surface area (Å²) < 4.78 is 3.72. The van der Waals surface area contributed by atoms with Gasteiger partial charge in [0.25, 0.3) is 5.91 Å². The Hall–Kier alpha value is -3.26. The summed E-state index contributed by atoms with van der Waals surface area (Å²) in [7, 11) is 4.01. The molecule has 0 bridgehead atoms. The lowest BCUT2D eigenvalue weighted by Gasteiger charge is -2.16. The molecular formula is C21H23N7O. The van der Waals surface area contributed by atoms with Crippen molar-refractivity contribution in [2.45, 2.75) is 25.8 Å². The van der Waals surface area contributed by atoms with Gasteiger partial charge >= 0.3 is 0 Å². The van der Waals surface area contributed by atoms with Crippen LogP contribution in [0.3, 0.4) is 0 Å². The molecule has 1 aromatic carbocycles. The van der Waals surface area contributed by atoms with E-state index >= 15 is 0 Å². The number of carbonyl (C=O) groups is 1. The lowest BCUT2D eigenvalue weighted by Crippen LogP contribution is -2.17. The van der Waals surface area contributed by atoms with E-state index in [2.05, 4.69) is 27.3 Å². The number of rotatable bonds is 3. The number of aromatic nitrogens is 5. The molecule has 148 valence electrons. The minimum absolute atomic E-state index is 0.200.